The Bertz CT molecular complexity index is 1220. The Labute approximate surface area is 183 Å². The molecule has 4 aromatic rings. The normalized spacial score (nSPS) is 10.6. The monoisotopic (exact) mass is 432 g/mol. The minimum Gasteiger partial charge on any atom is -0.457 e. The summed E-state index contributed by atoms with van der Waals surface area (Å²) >= 11 is 0. The van der Waals surface area contributed by atoms with E-state index in [-0.39, 0.29) is 5.82 Å². The Morgan fingerprint density at radius 2 is 1.56 bits per heavy atom. The highest BCUT2D eigenvalue weighted by Gasteiger charge is 2.06. The Hall–Kier alpha value is -4.24. The third kappa shape index (κ3) is 5.46. The van der Waals surface area contributed by atoms with Crippen molar-refractivity contribution < 1.29 is 13.9 Å². The van der Waals surface area contributed by atoms with E-state index < -0.39 is 6.03 Å². The number of nitrogens with one attached hydrogen (secondary N) is 3. The van der Waals surface area contributed by atoms with Gasteiger partial charge in [-0.25, -0.2) is 14.2 Å². The second kappa shape index (κ2) is 9.71. The number of carbonyl (C=O) groups excluding carboxylic acids is 1. The molecule has 0 aliphatic carbocycles. The molecule has 9 heteroatoms. The number of amides is 2. The van der Waals surface area contributed by atoms with E-state index in [4.69, 9.17) is 10.5 Å². The standard InChI is InChI=1S/C23H21FN6O2/c24-15-1-3-16(4-2-15)28-23(31)29-17-5-7-18(8-6-17)32-19-9-10-20-21(13-19)30-22(14-27-20)26-12-11-25/h1-10,13-14H,11-12,25H2,(H,26,30)(H2,28,29,31). The maximum absolute atomic E-state index is 13.0. The zero-order chi connectivity index (χ0) is 22.3. The van der Waals surface area contributed by atoms with Gasteiger partial charge in [-0.15, -0.1) is 0 Å². The summed E-state index contributed by atoms with van der Waals surface area (Å²) in [5, 5.41) is 8.44. The lowest BCUT2D eigenvalue weighted by molar-refractivity contribution is 0.262. The third-order valence-corrected chi connectivity index (χ3v) is 4.41. The van der Waals surface area contributed by atoms with Crippen LogP contribution in [0.3, 0.4) is 0 Å². The van der Waals surface area contributed by atoms with E-state index in [1.165, 1.54) is 24.3 Å². The Morgan fingerprint density at radius 1 is 0.906 bits per heavy atom. The molecule has 0 aliphatic heterocycles. The maximum atomic E-state index is 13.0. The number of carbonyl (C=O) groups is 1. The van der Waals surface area contributed by atoms with Crippen molar-refractivity contribution in [2.75, 3.05) is 29.0 Å². The summed E-state index contributed by atoms with van der Waals surface area (Å²) in [6.07, 6.45) is 1.66. The van der Waals surface area contributed by atoms with E-state index in [0.29, 0.717) is 47.3 Å². The number of urea groups is 1. The molecule has 162 valence electrons. The van der Waals surface area contributed by atoms with E-state index in [1.54, 1.807) is 36.5 Å². The molecule has 1 aromatic heterocycles. The maximum Gasteiger partial charge on any atom is 0.323 e. The van der Waals surface area contributed by atoms with Gasteiger partial charge in [0.1, 0.15) is 23.1 Å². The Balaban J connectivity index is 1.38. The number of hydrogen-bond acceptors (Lipinski definition) is 6. The van der Waals surface area contributed by atoms with Crippen molar-refractivity contribution in [2.45, 2.75) is 0 Å². The van der Waals surface area contributed by atoms with Gasteiger partial charge in [-0.3, -0.25) is 4.98 Å². The van der Waals surface area contributed by atoms with Crippen LogP contribution in [-0.2, 0) is 0 Å². The van der Waals surface area contributed by atoms with Gasteiger partial charge in [0.05, 0.1) is 17.2 Å². The van der Waals surface area contributed by atoms with Gasteiger partial charge in [0.25, 0.3) is 0 Å². The Kier molecular flexibility index (Phi) is 6.38. The minimum absolute atomic E-state index is 0.367. The summed E-state index contributed by atoms with van der Waals surface area (Å²) in [5.74, 6) is 1.49. The first-order chi connectivity index (χ1) is 15.6. The van der Waals surface area contributed by atoms with Crippen LogP contribution in [-0.4, -0.2) is 29.1 Å². The number of benzene rings is 3. The number of hydrogen-bond donors (Lipinski definition) is 4. The van der Waals surface area contributed by atoms with E-state index in [0.717, 1.165) is 5.52 Å². The number of halogens is 1. The first kappa shape index (κ1) is 21.0. The summed E-state index contributed by atoms with van der Waals surface area (Å²) in [7, 11) is 0. The van der Waals surface area contributed by atoms with Gasteiger partial charge in [-0.2, -0.15) is 0 Å². The van der Waals surface area contributed by atoms with Crippen LogP contribution in [0, 0.1) is 5.82 Å². The number of fused-ring (bicyclic) bond motifs is 1. The molecule has 4 rings (SSSR count). The molecule has 32 heavy (non-hydrogen) atoms. The summed E-state index contributed by atoms with van der Waals surface area (Å²) in [6.45, 7) is 1.11. The molecule has 0 saturated heterocycles. The molecular weight excluding hydrogens is 411 g/mol. The van der Waals surface area contributed by atoms with Crippen LogP contribution in [0.5, 0.6) is 11.5 Å². The smallest absolute Gasteiger partial charge is 0.323 e. The number of anilines is 3. The molecule has 0 unspecified atom stereocenters. The van der Waals surface area contributed by atoms with Crippen LogP contribution in [0.4, 0.5) is 26.4 Å². The predicted molar refractivity (Wildman–Crippen MR) is 123 cm³/mol. The lowest BCUT2D eigenvalue weighted by atomic mass is 10.2. The zero-order valence-electron chi connectivity index (χ0n) is 17.0. The van der Waals surface area contributed by atoms with Crippen molar-refractivity contribution in [3.8, 4) is 11.5 Å². The number of nitrogens with two attached hydrogens (primary N) is 1. The van der Waals surface area contributed by atoms with Gasteiger partial charge in [0.15, 0.2) is 0 Å². The van der Waals surface area contributed by atoms with Gasteiger partial charge in [-0.1, -0.05) is 0 Å². The van der Waals surface area contributed by atoms with Crippen molar-refractivity contribution in [1.29, 1.82) is 0 Å². The second-order valence-electron chi connectivity index (χ2n) is 6.83. The van der Waals surface area contributed by atoms with E-state index in [1.807, 2.05) is 12.1 Å². The minimum atomic E-state index is -0.433. The van der Waals surface area contributed by atoms with Gasteiger partial charge >= 0.3 is 6.03 Å². The van der Waals surface area contributed by atoms with E-state index in [2.05, 4.69) is 25.9 Å². The highest BCUT2D eigenvalue weighted by Crippen LogP contribution is 2.26. The molecule has 5 N–H and O–H groups in total. The van der Waals surface area contributed by atoms with Gasteiger partial charge in [-0.05, 0) is 60.7 Å². The largest absolute Gasteiger partial charge is 0.457 e. The zero-order valence-corrected chi connectivity index (χ0v) is 17.0. The molecule has 0 radical (unpaired) electrons. The number of nitrogens with zero attached hydrogens (tertiary/aromatic N) is 2. The van der Waals surface area contributed by atoms with Crippen LogP contribution < -0.4 is 26.4 Å². The molecule has 0 aliphatic rings. The molecule has 0 bridgehead atoms. The highest BCUT2D eigenvalue weighted by molar-refractivity contribution is 5.99. The van der Waals surface area contributed by atoms with Crippen LogP contribution in [0.2, 0.25) is 0 Å². The van der Waals surface area contributed by atoms with Gasteiger partial charge in [0, 0.05) is 30.5 Å². The topological polar surface area (TPSA) is 114 Å². The average Bonchev–Trinajstić information content (AvgIpc) is 2.80. The summed E-state index contributed by atoms with van der Waals surface area (Å²) in [5.41, 5.74) is 8.02. The van der Waals surface area contributed by atoms with E-state index in [9.17, 15) is 9.18 Å². The quantitative estimate of drug-likeness (QED) is 0.340. The molecule has 0 fully saturated rings. The Morgan fingerprint density at radius 3 is 2.25 bits per heavy atom. The second-order valence-corrected chi connectivity index (χ2v) is 6.83. The first-order valence-corrected chi connectivity index (χ1v) is 9.91. The number of ether oxygens (including phenoxy) is 1. The van der Waals surface area contributed by atoms with Crippen molar-refractivity contribution in [1.82, 2.24) is 9.97 Å². The fourth-order valence-electron chi connectivity index (χ4n) is 2.91. The molecule has 2 amide bonds. The van der Waals surface area contributed by atoms with Crippen molar-refractivity contribution >= 4 is 34.3 Å². The summed E-state index contributed by atoms with van der Waals surface area (Å²) in [4.78, 5) is 21.0. The molecule has 0 atom stereocenters. The van der Waals surface area contributed by atoms with Crippen LogP contribution >= 0.6 is 0 Å². The number of rotatable bonds is 7. The molecule has 8 nitrogen and oxygen atoms in total. The molecule has 0 spiro atoms. The SMILES string of the molecule is NCCNc1cnc2ccc(Oc3ccc(NC(=O)Nc4ccc(F)cc4)cc3)cc2n1. The molecule has 1 heterocycles. The van der Waals surface area contributed by atoms with Gasteiger partial charge in [0.2, 0.25) is 0 Å². The molecule has 3 aromatic carbocycles. The summed E-state index contributed by atoms with van der Waals surface area (Å²) in [6, 6.07) is 17.4. The van der Waals surface area contributed by atoms with Crippen LogP contribution in [0.1, 0.15) is 0 Å². The third-order valence-electron chi connectivity index (χ3n) is 4.41. The number of aromatic nitrogens is 2. The van der Waals surface area contributed by atoms with E-state index >= 15 is 0 Å². The van der Waals surface area contributed by atoms with Crippen LogP contribution in [0.15, 0.2) is 72.9 Å². The lowest BCUT2D eigenvalue weighted by Crippen LogP contribution is -2.19. The lowest BCUT2D eigenvalue weighted by Gasteiger charge is -2.10. The predicted octanol–water partition coefficient (Wildman–Crippen LogP) is 4.58. The van der Waals surface area contributed by atoms with Crippen molar-refractivity contribution in [2.24, 2.45) is 5.73 Å². The highest BCUT2D eigenvalue weighted by atomic mass is 19.1. The fourth-order valence-corrected chi connectivity index (χ4v) is 2.91. The van der Waals surface area contributed by atoms with Gasteiger partial charge < -0.3 is 26.4 Å². The van der Waals surface area contributed by atoms with Crippen molar-refractivity contribution in [3.05, 3.63) is 78.7 Å². The average molecular weight is 432 g/mol. The first-order valence-electron chi connectivity index (χ1n) is 9.91. The molecule has 0 saturated carbocycles. The fraction of sp³-hybridized carbons (Fsp3) is 0.0870. The van der Waals surface area contributed by atoms with Crippen molar-refractivity contribution in [3.63, 3.8) is 0 Å². The van der Waals surface area contributed by atoms with Crippen LogP contribution in [0.25, 0.3) is 11.0 Å². The molecular formula is C23H21FN6O2. The summed E-state index contributed by atoms with van der Waals surface area (Å²) < 4.78 is 18.9.